The summed E-state index contributed by atoms with van der Waals surface area (Å²) in [5.41, 5.74) is 0. The normalized spacial score (nSPS) is 13.2. The lowest BCUT2D eigenvalue weighted by atomic mass is 10.2. The number of rotatable bonds is 7. The van der Waals surface area contributed by atoms with Gasteiger partial charge in [0.15, 0.2) is 0 Å². The molecule has 0 atom stereocenters. The van der Waals surface area contributed by atoms with E-state index >= 15 is 0 Å². The van der Waals surface area contributed by atoms with Gasteiger partial charge in [-0.15, -0.1) is 0 Å². The number of quaternary nitrogens is 1. The summed E-state index contributed by atoms with van der Waals surface area (Å²) in [7, 11) is 1.93. The maximum absolute atomic E-state index is 5.63. The molecule has 0 aliphatic heterocycles. The van der Waals surface area contributed by atoms with Crippen molar-refractivity contribution in [3.05, 3.63) is 0 Å². The lowest BCUT2D eigenvalue weighted by molar-refractivity contribution is -0.884. The topological polar surface area (TPSA) is 18.5 Å². The van der Waals surface area contributed by atoms with Crippen LogP contribution in [0, 0.1) is 0 Å². The van der Waals surface area contributed by atoms with Gasteiger partial charge in [0.2, 0.25) is 0 Å². The van der Waals surface area contributed by atoms with Gasteiger partial charge < -0.3 is 13.0 Å². The van der Waals surface area contributed by atoms with Crippen molar-refractivity contribution in [1.29, 1.82) is 0 Å². The van der Waals surface area contributed by atoms with Gasteiger partial charge in [0, 0.05) is 14.2 Å². The molecule has 0 fully saturated rings. The number of hydrogen-bond donors (Lipinski definition) is 0. The molecule has 15 heavy (non-hydrogen) atoms. The van der Waals surface area contributed by atoms with Crippen molar-refractivity contribution < 1.29 is 13.0 Å². The Morgan fingerprint density at radius 1 is 1.00 bits per heavy atom. The highest BCUT2D eigenvalue weighted by atomic mass is 28.3. The minimum absolute atomic E-state index is 0.557. The fourth-order valence-corrected chi connectivity index (χ4v) is 5.00. The molecule has 0 spiro atoms. The zero-order chi connectivity index (χ0) is 12.1. The second kappa shape index (κ2) is 6.63. The van der Waals surface area contributed by atoms with Crippen LogP contribution >= 0.6 is 0 Å². The van der Waals surface area contributed by atoms with Crippen molar-refractivity contribution in [1.82, 2.24) is 0 Å². The molecule has 0 rings (SSSR count). The Morgan fingerprint density at radius 3 is 1.60 bits per heavy atom. The summed E-state index contributed by atoms with van der Waals surface area (Å²) in [6, 6.07) is 1.11. The van der Waals surface area contributed by atoms with Crippen molar-refractivity contribution in [2.75, 3.05) is 20.8 Å². The molecular formula is C11H28NO2Si+. The van der Waals surface area contributed by atoms with E-state index in [1.807, 2.05) is 0 Å². The molecule has 0 N–H and O–H groups in total. The lowest BCUT2D eigenvalue weighted by Gasteiger charge is -2.48. The fraction of sp³-hybridized carbons (Fsp3) is 1.00. The zero-order valence-corrected chi connectivity index (χ0v) is 12.6. The highest BCUT2D eigenvalue weighted by Crippen LogP contribution is 2.23. The third-order valence-electron chi connectivity index (χ3n) is 3.33. The first-order valence-corrected chi connectivity index (χ1v) is 7.35. The van der Waals surface area contributed by atoms with Gasteiger partial charge in [-0.05, 0) is 34.1 Å². The van der Waals surface area contributed by atoms with E-state index in [-0.39, 0.29) is 0 Å². The van der Waals surface area contributed by atoms with E-state index in [2.05, 4.69) is 34.6 Å². The molecular weight excluding hydrogens is 206 g/mol. The van der Waals surface area contributed by atoms with Crippen LogP contribution in [-0.4, -0.2) is 46.4 Å². The van der Waals surface area contributed by atoms with Crippen LogP contribution in [0.2, 0.25) is 0 Å². The van der Waals surface area contributed by atoms with Gasteiger partial charge in [0.1, 0.15) is 0 Å². The molecule has 0 aliphatic carbocycles. The molecule has 0 radical (unpaired) electrons. The van der Waals surface area contributed by atoms with Gasteiger partial charge in [-0.1, -0.05) is 6.92 Å². The quantitative estimate of drug-likeness (QED) is 0.628. The van der Waals surface area contributed by atoms with Crippen LogP contribution in [0.5, 0.6) is 0 Å². The molecule has 0 aromatic rings. The van der Waals surface area contributed by atoms with Gasteiger partial charge in [-0.3, -0.25) is 0 Å². The average molecular weight is 234 g/mol. The van der Waals surface area contributed by atoms with Crippen LogP contribution in [0.15, 0.2) is 0 Å². The Labute approximate surface area is 96.9 Å². The zero-order valence-electron chi connectivity index (χ0n) is 11.4. The summed E-state index contributed by atoms with van der Waals surface area (Å²) >= 11 is 0. The van der Waals surface area contributed by atoms with Crippen molar-refractivity contribution >= 4 is 9.45 Å². The van der Waals surface area contributed by atoms with E-state index < -0.39 is 9.45 Å². The van der Waals surface area contributed by atoms with Crippen LogP contribution in [0.4, 0.5) is 0 Å². The van der Waals surface area contributed by atoms with Crippen LogP contribution in [0.3, 0.4) is 0 Å². The predicted octanol–water partition coefficient (Wildman–Crippen LogP) is 2.04. The van der Waals surface area contributed by atoms with Crippen LogP contribution < -0.4 is 0 Å². The molecule has 0 aromatic carbocycles. The summed E-state index contributed by atoms with van der Waals surface area (Å²) < 4.78 is 12.3. The van der Waals surface area contributed by atoms with Gasteiger partial charge in [-0.2, -0.15) is 0 Å². The maximum atomic E-state index is 5.63. The van der Waals surface area contributed by atoms with Crippen molar-refractivity contribution in [2.24, 2.45) is 0 Å². The van der Waals surface area contributed by atoms with E-state index in [0.717, 1.165) is 10.7 Å². The summed E-state index contributed by atoms with van der Waals surface area (Å²) in [6.45, 7) is 12.5. The molecule has 4 heteroatoms. The standard InChI is InChI=1S/C11H28NO2Si/c1-8-9-12(10(2)3,11(4)5)15(13-6)14-7/h10-11,15H,8-9H2,1-7H3/q+1. The minimum atomic E-state index is -1.64. The Hall–Kier alpha value is 0.0969. The smallest absolute Gasteiger partial charge is 0.354 e. The lowest BCUT2D eigenvalue weighted by Crippen LogP contribution is -2.68. The maximum Gasteiger partial charge on any atom is 0.587 e. The average Bonchev–Trinajstić information content (AvgIpc) is 2.17. The summed E-state index contributed by atoms with van der Waals surface area (Å²) in [6.07, 6.45) is 1.17. The van der Waals surface area contributed by atoms with Crippen molar-refractivity contribution in [3.63, 3.8) is 0 Å². The Balaban J connectivity index is 5.09. The summed E-state index contributed by atoms with van der Waals surface area (Å²) in [5.74, 6) is 0. The summed E-state index contributed by atoms with van der Waals surface area (Å²) in [4.78, 5) is 0. The first-order chi connectivity index (χ1) is 6.97. The van der Waals surface area contributed by atoms with Crippen LogP contribution in [-0.2, 0) is 8.85 Å². The molecule has 0 saturated carbocycles. The molecule has 0 saturated heterocycles. The predicted molar refractivity (Wildman–Crippen MR) is 66.9 cm³/mol. The van der Waals surface area contributed by atoms with E-state index in [4.69, 9.17) is 8.85 Å². The van der Waals surface area contributed by atoms with E-state index in [1.54, 1.807) is 14.2 Å². The molecule has 92 valence electrons. The largest absolute Gasteiger partial charge is 0.587 e. The van der Waals surface area contributed by atoms with Crippen LogP contribution in [0.1, 0.15) is 41.0 Å². The molecule has 0 heterocycles. The van der Waals surface area contributed by atoms with Crippen molar-refractivity contribution in [3.8, 4) is 0 Å². The molecule has 0 unspecified atom stereocenters. The highest BCUT2D eigenvalue weighted by Gasteiger charge is 2.45. The molecule has 3 nitrogen and oxygen atoms in total. The van der Waals surface area contributed by atoms with Crippen LogP contribution in [0.25, 0.3) is 0 Å². The highest BCUT2D eigenvalue weighted by molar-refractivity contribution is 6.35. The second-order valence-electron chi connectivity index (χ2n) is 4.68. The molecule has 0 aliphatic rings. The third-order valence-corrected chi connectivity index (χ3v) is 6.37. The number of hydrogen-bond acceptors (Lipinski definition) is 2. The molecule has 0 aromatic heterocycles. The monoisotopic (exact) mass is 234 g/mol. The summed E-state index contributed by atoms with van der Waals surface area (Å²) in [5, 5.41) is 0. The molecule has 0 bridgehead atoms. The van der Waals surface area contributed by atoms with Gasteiger partial charge in [0.25, 0.3) is 0 Å². The Bertz CT molecular complexity index is 162. The fourth-order valence-electron chi connectivity index (χ4n) is 2.58. The first kappa shape index (κ1) is 15.1. The minimum Gasteiger partial charge on any atom is -0.354 e. The van der Waals surface area contributed by atoms with E-state index in [0.29, 0.717) is 12.1 Å². The molecule has 0 amide bonds. The van der Waals surface area contributed by atoms with E-state index in [1.165, 1.54) is 6.42 Å². The number of nitrogens with zero attached hydrogens (tertiary/aromatic N) is 1. The van der Waals surface area contributed by atoms with Crippen molar-refractivity contribution in [2.45, 2.75) is 53.1 Å². The van der Waals surface area contributed by atoms with E-state index in [9.17, 15) is 0 Å². The first-order valence-electron chi connectivity index (χ1n) is 5.90. The van der Waals surface area contributed by atoms with Gasteiger partial charge in [0.05, 0.1) is 18.6 Å². The third kappa shape index (κ3) is 3.03. The van der Waals surface area contributed by atoms with Gasteiger partial charge >= 0.3 is 9.45 Å². The SMILES string of the molecule is CCC[N+](C(C)C)(C(C)C)[SiH](OC)OC. The van der Waals surface area contributed by atoms with Gasteiger partial charge in [-0.25, -0.2) is 0 Å². The Morgan fingerprint density at radius 2 is 1.40 bits per heavy atom. The Kier molecular flexibility index (Phi) is 6.67. The second-order valence-corrected chi connectivity index (χ2v) is 7.20.